The van der Waals surface area contributed by atoms with Gasteiger partial charge in [0.05, 0.1) is 0 Å². The molecule has 0 aliphatic carbocycles. The van der Waals surface area contributed by atoms with Gasteiger partial charge in [0.2, 0.25) is 0 Å². The highest BCUT2D eigenvalue weighted by Crippen LogP contribution is 2.15. The van der Waals surface area contributed by atoms with Crippen molar-refractivity contribution in [1.82, 2.24) is 15.2 Å². The second kappa shape index (κ2) is 5.69. The predicted octanol–water partition coefficient (Wildman–Crippen LogP) is 1.75. The Morgan fingerprint density at radius 1 is 1.71 bits per heavy atom. The van der Waals surface area contributed by atoms with E-state index >= 15 is 0 Å². The Kier molecular flexibility index (Phi) is 4.23. The third kappa shape index (κ3) is 3.10. The summed E-state index contributed by atoms with van der Waals surface area (Å²) in [6.07, 6.45) is 4.13. The molecule has 94 valence electrons. The van der Waals surface area contributed by atoms with Crippen LogP contribution in [0.2, 0.25) is 0 Å². The summed E-state index contributed by atoms with van der Waals surface area (Å²) in [4.78, 5) is 12.1. The van der Waals surface area contributed by atoms with Crippen molar-refractivity contribution in [3.63, 3.8) is 0 Å². The summed E-state index contributed by atoms with van der Waals surface area (Å²) in [5, 5.41) is 6.37. The SMILES string of the molecule is CCn1cc(Br)cc1C(=O)NC1CCCNC1. The normalized spacial score (nSPS) is 20.2. The number of aryl methyl sites for hydroxylation is 1. The molecule has 17 heavy (non-hydrogen) atoms. The van der Waals surface area contributed by atoms with Crippen molar-refractivity contribution >= 4 is 21.8 Å². The van der Waals surface area contributed by atoms with Gasteiger partial charge in [-0.3, -0.25) is 4.79 Å². The molecule has 4 nitrogen and oxygen atoms in total. The van der Waals surface area contributed by atoms with Crippen LogP contribution >= 0.6 is 15.9 Å². The minimum atomic E-state index is 0.0197. The average Bonchev–Trinajstić information content (AvgIpc) is 2.72. The van der Waals surface area contributed by atoms with E-state index < -0.39 is 0 Å². The quantitative estimate of drug-likeness (QED) is 0.893. The molecule has 0 aromatic carbocycles. The highest BCUT2D eigenvalue weighted by Gasteiger charge is 2.18. The second-order valence-corrected chi connectivity index (χ2v) is 5.26. The van der Waals surface area contributed by atoms with Crippen LogP contribution < -0.4 is 10.6 Å². The molecule has 2 heterocycles. The smallest absolute Gasteiger partial charge is 0.268 e. The Bertz CT molecular complexity index is 396. The van der Waals surface area contributed by atoms with Gasteiger partial charge in [-0.05, 0) is 48.3 Å². The summed E-state index contributed by atoms with van der Waals surface area (Å²) in [6, 6.07) is 2.13. The van der Waals surface area contributed by atoms with Crippen LogP contribution in [-0.2, 0) is 6.54 Å². The third-order valence-corrected chi connectivity index (χ3v) is 3.50. The molecule has 1 amide bonds. The van der Waals surface area contributed by atoms with Crippen LogP contribution in [0.3, 0.4) is 0 Å². The van der Waals surface area contributed by atoms with Crippen LogP contribution in [0, 0.1) is 0 Å². The van der Waals surface area contributed by atoms with Gasteiger partial charge in [0, 0.05) is 29.8 Å². The van der Waals surface area contributed by atoms with E-state index in [2.05, 4.69) is 26.6 Å². The Balaban J connectivity index is 2.02. The first-order valence-electron chi connectivity index (χ1n) is 6.08. The van der Waals surface area contributed by atoms with E-state index in [4.69, 9.17) is 0 Å². The van der Waals surface area contributed by atoms with Crippen LogP contribution in [-0.4, -0.2) is 29.6 Å². The largest absolute Gasteiger partial charge is 0.347 e. The molecule has 1 fully saturated rings. The number of aromatic nitrogens is 1. The standard InChI is InChI=1S/C12H18BrN3O/c1-2-16-8-9(13)6-11(16)12(17)15-10-4-3-5-14-7-10/h6,8,10,14H,2-5,7H2,1H3,(H,15,17). The van der Waals surface area contributed by atoms with Crippen molar-refractivity contribution in [1.29, 1.82) is 0 Å². The first kappa shape index (κ1) is 12.6. The highest BCUT2D eigenvalue weighted by atomic mass is 79.9. The molecule has 2 rings (SSSR count). The number of carbonyl (C=O) groups excluding carboxylic acids is 1. The monoisotopic (exact) mass is 299 g/mol. The maximum absolute atomic E-state index is 12.1. The molecule has 1 saturated heterocycles. The molecule has 1 atom stereocenters. The molecule has 0 saturated carbocycles. The van der Waals surface area contributed by atoms with Crippen molar-refractivity contribution in [3.05, 3.63) is 22.4 Å². The van der Waals surface area contributed by atoms with Gasteiger partial charge in [0.1, 0.15) is 5.69 Å². The van der Waals surface area contributed by atoms with Crippen LogP contribution in [0.25, 0.3) is 0 Å². The van der Waals surface area contributed by atoms with Gasteiger partial charge >= 0.3 is 0 Å². The highest BCUT2D eigenvalue weighted by molar-refractivity contribution is 9.10. The Labute approximate surface area is 110 Å². The van der Waals surface area contributed by atoms with Crippen LogP contribution in [0.5, 0.6) is 0 Å². The zero-order valence-electron chi connectivity index (χ0n) is 10.0. The molecule has 1 aromatic rings. The van der Waals surface area contributed by atoms with Crippen LogP contribution in [0.1, 0.15) is 30.3 Å². The number of halogens is 1. The third-order valence-electron chi connectivity index (χ3n) is 3.07. The number of carbonyl (C=O) groups is 1. The molecule has 0 spiro atoms. The maximum Gasteiger partial charge on any atom is 0.268 e. The van der Waals surface area contributed by atoms with Gasteiger partial charge < -0.3 is 15.2 Å². The minimum absolute atomic E-state index is 0.0197. The van der Waals surface area contributed by atoms with Crippen molar-refractivity contribution in [2.75, 3.05) is 13.1 Å². The lowest BCUT2D eigenvalue weighted by molar-refractivity contribution is 0.0921. The van der Waals surface area contributed by atoms with Gasteiger partial charge in [-0.2, -0.15) is 0 Å². The summed E-state index contributed by atoms with van der Waals surface area (Å²) >= 11 is 3.40. The summed E-state index contributed by atoms with van der Waals surface area (Å²) in [6.45, 7) is 4.77. The molecule has 1 unspecified atom stereocenters. The van der Waals surface area contributed by atoms with E-state index in [1.165, 1.54) is 0 Å². The average molecular weight is 300 g/mol. The Morgan fingerprint density at radius 2 is 2.53 bits per heavy atom. The van der Waals surface area contributed by atoms with Crippen molar-refractivity contribution < 1.29 is 4.79 Å². The fraction of sp³-hybridized carbons (Fsp3) is 0.583. The number of amides is 1. The Hall–Kier alpha value is -0.810. The summed E-state index contributed by atoms with van der Waals surface area (Å²) in [5.74, 6) is 0.0197. The van der Waals surface area contributed by atoms with Crippen LogP contribution in [0.15, 0.2) is 16.7 Å². The predicted molar refractivity (Wildman–Crippen MR) is 71.2 cm³/mol. The lowest BCUT2D eigenvalue weighted by Crippen LogP contribution is -2.46. The molecule has 1 aliphatic heterocycles. The fourth-order valence-corrected chi connectivity index (χ4v) is 2.63. The van der Waals surface area contributed by atoms with E-state index in [0.29, 0.717) is 0 Å². The van der Waals surface area contributed by atoms with Crippen LogP contribution in [0.4, 0.5) is 0 Å². The molecule has 5 heteroatoms. The first-order valence-corrected chi connectivity index (χ1v) is 6.87. The van der Waals surface area contributed by atoms with Gasteiger partial charge in [0.25, 0.3) is 5.91 Å². The molecular weight excluding hydrogens is 282 g/mol. The summed E-state index contributed by atoms with van der Waals surface area (Å²) in [7, 11) is 0. The minimum Gasteiger partial charge on any atom is -0.347 e. The fourth-order valence-electron chi connectivity index (χ4n) is 2.16. The van der Waals surface area contributed by atoms with E-state index in [1.54, 1.807) is 0 Å². The van der Waals surface area contributed by atoms with Crippen molar-refractivity contribution in [2.24, 2.45) is 0 Å². The number of hydrogen-bond donors (Lipinski definition) is 2. The van der Waals surface area contributed by atoms with Gasteiger partial charge in [-0.25, -0.2) is 0 Å². The Morgan fingerprint density at radius 3 is 3.18 bits per heavy atom. The summed E-state index contributed by atoms with van der Waals surface area (Å²) < 4.78 is 2.90. The molecular formula is C12H18BrN3O. The molecule has 2 N–H and O–H groups in total. The van der Waals surface area contributed by atoms with E-state index in [-0.39, 0.29) is 11.9 Å². The van der Waals surface area contributed by atoms with E-state index in [0.717, 1.165) is 42.6 Å². The zero-order valence-corrected chi connectivity index (χ0v) is 11.6. The van der Waals surface area contributed by atoms with Crippen molar-refractivity contribution in [3.8, 4) is 0 Å². The number of hydrogen-bond acceptors (Lipinski definition) is 2. The molecule has 0 radical (unpaired) electrons. The lowest BCUT2D eigenvalue weighted by Gasteiger charge is -2.23. The van der Waals surface area contributed by atoms with Gasteiger partial charge in [0.15, 0.2) is 0 Å². The number of nitrogens with zero attached hydrogens (tertiary/aromatic N) is 1. The van der Waals surface area contributed by atoms with Gasteiger partial charge in [-0.1, -0.05) is 0 Å². The number of piperidine rings is 1. The van der Waals surface area contributed by atoms with Crippen molar-refractivity contribution in [2.45, 2.75) is 32.4 Å². The topological polar surface area (TPSA) is 46.1 Å². The molecule has 1 aliphatic rings. The second-order valence-electron chi connectivity index (χ2n) is 4.35. The lowest BCUT2D eigenvalue weighted by atomic mass is 10.1. The van der Waals surface area contributed by atoms with Gasteiger partial charge in [-0.15, -0.1) is 0 Å². The number of nitrogens with one attached hydrogen (secondary N) is 2. The first-order chi connectivity index (χ1) is 8.20. The maximum atomic E-state index is 12.1. The molecule has 1 aromatic heterocycles. The van der Waals surface area contributed by atoms with E-state index in [1.807, 2.05) is 23.8 Å². The van der Waals surface area contributed by atoms with E-state index in [9.17, 15) is 4.79 Å². The zero-order chi connectivity index (χ0) is 12.3. The number of rotatable bonds is 3. The summed E-state index contributed by atoms with van der Waals surface area (Å²) in [5.41, 5.74) is 0.727. The molecule has 0 bridgehead atoms.